The van der Waals surface area contributed by atoms with Gasteiger partial charge in [0.25, 0.3) is 5.91 Å². The van der Waals surface area contributed by atoms with Crippen LogP contribution in [0.15, 0.2) is 35.7 Å². The number of rotatable bonds is 6. The Morgan fingerprint density at radius 3 is 2.54 bits per heavy atom. The van der Waals surface area contributed by atoms with Crippen molar-refractivity contribution in [3.05, 3.63) is 57.5 Å². The van der Waals surface area contributed by atoms with E-state index in [0.717, 1.165) is 0 Å². The van der Waals surface area contributed by atoms with Crippen LogP contribution in [0.25, 0.3) is 0 Å². The van der Waals surface area contributed by atoms with E-state index in [2.05, 4.69) is 0 Å². The van der Waals surface area contributed by atoms with Gasteiger partial charge in [-0.3, -0.25) is 4.79 Å². The molecule has 0 saturated heterocycles. The average molecular weight is 346 g/mol. The maximum atomic E-state index is 13.0. The number of nitrogens with zero attached hydrogens (tertiary/aromatic N) is 2. The summed E-state index contributed by atoms with van der Waals surface area (Å²) in [4.78, 5) is 14.7. The van der Waals surface area contributed by atoms with Crippen LogP contribution >= 0.6 is 11.3 Å². The van der Waals surface area contributed by atoms with Crippen LogP contribution in [-0.4, -0.2) is 29.0 Å². The molecule has 4 nitrogen and oxygen atoms in total. The fourth-order valence-electron chi connectivity index (χ4n) is 2.34. The highest BCUT2D eigenvalue weighted by atomic mass is 32.1. The number of nitriles is 1. The Hall–Kier alpha value is -2.23. The van der Waals surface area contributed by atoms with Crippen LogP contribution in [0.4, 0.5) is 4.39 Å². The van der Waals surface area contributed by atoms with Crippen molar-refractivity contribution >= 4 is 17.2 Å². The van der Waals surface area contributed by atoms with E-state index < -0.39 is 6.10 Å². The van der Waals surface area contributed by atoms with Gasteiger partial charge >= 0.3 is 0 Å². The van der Waals surface area contributed by atoms with Crippen LogP contribution in [-0.2, 0) is 0 Å². The average Bonchev–Trinajstić information content (AvgIpc) is 3.02. The van der Waals surface area contributed by atoms with E-state index in [1.807, 2.05) is 19.9 Å². The summed E-state index contributed by atoms with van der Waals surface area (Å²) >= 11 is 1.22. The number of thiophene rings is 1. The third-order valence-corrected chi connectivity index (χ3v) is 4.38. The Kier molecular flexibility index (Phi) is 6.07. The van der Waals surface area contributed by atoms with Crippen LogP contribution < -0.4 is 0 Å². The molecule has 1 heterocycles. The van der Waals surface area contributed by atoms with Gasteiger partial charge in [-0.1, -0.05) is 26.0 Å². The van der Waals surface area contributed by atoms with Gasteiger partial charge in [0.2, 0.25) is 0 Å². The number of carbonyl (C=O) groups is 1. The molecule has 1 aromatic carbocycles. The SMILES string of the molecule is CC(C)CN(C[C@H](O)c1ccc(F)cc1)C(=O)c1cc(C#N)cs1. The van der Waals surface area contributed by atoms with Crippen LogP contribution in [0.5, 0.6) is 0 Å². The van der Waals surface area contributed by atoms with Gasteiger partial charge in [0.15, 0.2) is 0 Å². The van der Waals surface area contributed by atoms with Gasteiger partial charge in [0.05, 0.1) is 23.1 Å². The minimum atomic E-state index is -0.899. The van der Waals surface area contributed by atoms with Crippen molar-refractivity contribution in [3.63, 3.8) is 0 Å². The molecular formula is C18H19FN2O2S. The first kappa shape index (κ1) is 18.1. The lowest BCUT2D eigenvalue weighted by atomic mass is 10.1. The number of aliphatic hydroxyl groups excluding tert-OH is 1. The zero-order valence-corrected chi connectivity index (χ0v) is 14.4. The lowest BCUT2D eigenvalue weighted by Gasteiger charge is -2.26. The summed E-state index contributed by atoms with van der Waals surface area (Å²) < 4.78 is 13.0. The number of benzene rings is 1. The molecule has 0 fully saturated rings. The molecule has 2 aromatic rings. The lowest BCUT2D eigenvalue weighted by Crippen LogP contribution is -2.37. The normalized spacial score (nSPS) is 12.0. The zero-order chi connectivity index (χ0) is 17.7. The van der Waals surface area contributed by atoms with Crippen LogP contribution in [0.1, 0.15) is 40.8 Å². The fraction of sp³-hybridized carbons (Fsp3) is 0.333. The highest BCUT2D eigenvalue weighted by Gasteiger charge is 2.22. The largest absolute Gasteiger partial charge is 0.387 e. The van der Waals surface area contributed by atoms with Crippen LogP contribution in [0.3, 0.4) is 0 Å². The molecular weight excluding hydrogens is 327 g/mol. The number of hydrogen-bond donors (Lipinski definition) is 1. The molecule has 0 spiro atoms. The molecule has 1 amide bonds. The summed E-state index contributed by atoms with van der Waals surface area (Å²) in [6, 6.07) is 9.16. The van der Waals surface area contributed by atoms with Crippen molar-refractivity contribution in [2.24, 2.45) is 5.92 Å². The summed E-state index contributed by atoms with van der Waals surface area (Å²) in [5.41, 5.74) is 1.01. The standard InChI is InChI=1S/C18H19FN2O2S/c1-12(2)9-21(18(23)17-7-13(8-20)11-24-17)10-16(22)14-3-5-15(19)6-4-14/h3-7,11-12,16,22H,9-10H2,1-2H3/t16-/m0/s1. The van der Waals surface area contributed by atoms with Gasteiger partial charge < -0.3 is 10.0 Å². The van der Waals surface area contributed by atoms with Gasteiger partial charge in [0, 0.05) is 11.9 Å². The van der Waals surface area contributed by atoms with Gasteiger partial charge in [-0.25, -0.2) is 4.39 Å². The Labute approximate surface area is 144 Å². The van der Waals surface area contributed by atoms with Crippen molar-refractivity contribution < 1.29 is 14.3 Å². The highest BCUT2D eigenvalue weighted by molar-refractivity contribution is 7.12. The van der Waals surface area contributed by atoms with E-state index >= 15 is 0 Å². The van der Waals surface area contributed by atoms with Gasteiger partial charge in [0.1, 0.15) is 11.9 Å². The summed E-state index contributed by atoms with van der Waals surface area (Å²) in [5.74, 6) is -0.357. The number of hydrogen-bond acceptors (Lipinski definition) is 4. The molecule has 1 atom stereocenters. The molecule has 0 bridgehead atoms. The Morgan fingerprint density at radius 2 is 2.00 bits per heavy atom. The predicted octanol–water partition coefficient (Wildman–Crippen LogP) is 3.59. The van der Waals surface area contributed by atoms with E-state index in [-0.39, 0.29) is 24.2 Å². The third-order valence-electron chi connectivity index (χ3n) is 3.46. The van der Waals surface area contributed by atoms with Gasteiger partial charge in [-0.15, -0.1) is 11.3 Å². The molecule has 0 aliphatic carbocycles. The summed E-state index contributed by atoms with van der Waals surface area (Å²) in [6.07, 6.45) is -0.899. The molecule has 1 aromatic heterocycles. The molecule has 126 valence electrons. The summed E-state index contributed by atoms with van der Waals surface area (Å²) in [5, 5.41) is 20.9. The maximum Gasteiger partial charge on any atom is 0.264 e. The van der Waals surface area contributed by atoms with Crippen molar-refractivity contribution in [1.82, 2.24) is 4.90 Å². The second kappa shape index (κ2) is 8.04. The smallest absolute Gasteiger partial charge is 0.264 e. The van der Waals surface area contributed by atoms with Crippen molar-refractivity contribution in [3.8, 4) is 6.07 Å². The van der Waals surface area contributed by atoms with E-state index in [0.29, 0.717) is 22.5 Å². The molecule has 0 radical (unpaired) electrons. The summed E-state index contributed by atoms with van der Waals surface area (Å²) in [7, 11) is 0. The van der Waals surface area contributed by atoms with Crippen LogP contribution in [0, 0.1) is 23.1 Å². The molecule has 0 aliphatic rings. The second-order valence-corrected chi connectivity index (χ2v) is 6.89. The molecule has 0 unspecified atom stereocenters. The third kappa shape index (κ3) is 4.63. The summed E-state index contributed by atoms with van der Waals surface area (Å²) in [6.45, 7) is 4.57. The van der Waals surface area contributed by atoms with E-state index in [9.17, 15) is 14.3 Å². The van der Waals surface area contributed by atoms with Crippen LogP contribution in [0.2, 0.25) is 0 Å². The Balaban J connectivity index is 2.16. The van der Waals surface area contributed by atoms with Crippen molar-refractivity contribution in [1.29, 1.82) is 5.26 Å². The molecule has 24 heavy (non-hydrogen) atoms. The molecule has 0 aliphatic heterocycles. The molecule has 6 heteroatoms. The van der Waals surface area contributed by atoms with Gasteiger partial charge in [-0.05, 0) is 29.7 Å². The quantitative estimate of drug-likeness (QED) is 0.869. The van der Waals surface area contributed by atoms with Crippen molar-refractivity contribution in [2.45, 2.75) is 20.0 Å². The molecule has 0 saturated carbocycles. The number of aliphatic hydroxyl groups is 1. The number of carbonyl (C=O) groups excluding carboxylic acids is 1. The zero-order valence-electron chi connectivity index (χ0n) is 13.6. The van der Waals surface area contributed by atoms with E-state index in [4.69, 9.17) is 5.26 Å². The molecule has 2 rings (SSSR count). The minimum absolute atomic E-state index is 0.114. The minimum Gasteiger partial charge on any atom is -0.387 e. The topological polar surface area (TPSA) is 64.3 Å². The second-order valence-electron chi connectivity index (χ2n) is 5.98. The Morgan fingerprint density at radius 1 is 1.33 bits per heavy atom. The Bertz CT molecular complexity index is 734. The predicted molar refractivity (Wildman–Crippen MR) is 91.1 cm³/mol. The fourth-order valence-corrected chi connectivity index (χ4v) is 3.14. The molecule has 1 N–H and O–H groups in total. The number of amides is 1. The first-order chi connectivity index (χ1) is 11.4. The van der Waals surface area contributed by atoms with Gasteiger partial charge in [-0.2, -0.15) is 5.26 Å². The maximum absolute atomic E-state index is 13.0. The first-order valence-electron chi connectivity index (χ1n) is 7.62. The highest BCUT2D eigenvalue weighted by Crippen LogP contribution is 2.20. The van der Waals surface area contributed by atoms with E-state index in [1.54, 1.807) is 16.3 Å². The lowest BCUT2D eigenvalue weighted by molar-refractivity contribution is 0.0599. The first-order valence-corrected chi connectivity index (χ1v) is 8.50. The van der Waals surface area contributed by atoms with E-state index in [1.165, 1.54) is 35.6 Å². The number of halogens is 1. The van der Waals surface area contributed by atoms with Crippen molar-refractivity contribution in [2.75, 3.05) is 13.1 Å². The monoisotopic (exact) mass is 346 g/mol.